The van der Waals surface area contributed by atoms with Crippen molar-refractivity contribution < 1.29 is 9.13 Å². The molecule has 154 valence electrons. The Morgan fingerprint density at radius 3 is 1.34 bits per heavy atom. The van der Waals surface area contributed by atoms with Crippen LogP contribution in [0.1, 0.15) is 22.3 Å². The standard InChI is InChI=1S/C30H26N2/c1-25-7-3-19-31(23-25)21-5-9-27-11-15-29(16-12-27)30-17-13-28(14-18-30)10-6-22-32-20-4-8-26(2)24-32/h3-4,7-8,11-20,23-24H,21-22H2,1-2H3/q+2. The van der Waals surface area contributed by atoms with Gasteiger partial charge in [0.05, 0.1) is 0 Å². The third-order valence-corrected chi connectivity index (χ3v) is 5.10. The van der Waals surface area contributed by atoms with Gasteiger partial charge in [0.1, 0.15) is 0 Å². The topological polar surface area (TPSA) is 7.76 Å². The first-order chi connectivity index (χ1) is 15.7. The highest BCUT2D eigenvalue weighted by Crippen LogP contribution is 2.20. The molecule has 2 heterocycles. The van der Waals surface area contributed by atoms with Gasteiger partial charge < -0.3 is 0 Å². The Hall–Kier alpha value is -4.14. The van der Waals surface area contributed by atoms with E-state index in [-0.39, 0.29) is 0 Å². The molecule has 0 bridgehead atoms. The first kappa shape index (κ1) is 21.1. The molecular formula is C30H26N2+2. The zero-order valence-corrected chi connectivity index (χ0v) is 18.5. The normalized spacial score (nSPS) is 9.94. The highest BCUT2D eigenvalue weighted by Gasteiger charge is 2.00. The summed E-state index contributed by atoms with van der Waals surface area (Å²) in [5, 5.41) is 0. The summed E-state index contributed by atoms with van der Waals surface area (Å²) in [6.07, 6.45) is 8.29. The predicted octanol–water partition coefficient (Wildman–Crippen LogP) is 4.65. The Morgan fingerprint density at radius 2 is 0.969 bits per heavy atom. The molecule has 0 saturated carbocycles. The van der Waals surface area contributed by atoms with E-state index >= 15 is 0 Å². The lowest BCUT2D eigenvalue weighted by molar-refractivity contribution is -0.685. The van der Waals surface area contributed by atoms with Gasteiger partial charge in [0, 0.05) is 34.4 Å². The largest absolute Gasteiger partial charge is 0.209 e. The molecule has 0 fully saturated rings. The van der Waals surface area contributed by atoms with Crippen LogP contribution in [0.4, 0.5) is 0 Å². The highest BCUT2D eigenvalue weighted by atomic mass is 14.9. The van der Waals surface area contributed by atoms with Gasteiger partial charge in [0.2, 0.25) is 13.1 Å². The van der Waals surface area contributed by atoms with Crippen molar-refractivity contribution >= 4 is 0 Å². The second-order valence-corrected chi connectivity index (χ2v) is 7.87. The van der Waals surface area contributed by atoms with Crippen LogP contribution in [0.3, 0.4) is 0 Å². The van der Waals surface area contributed by atoms with Gasteiger partial charge in [-0.1, -0.05) is 36.1 Å². The summed E-state index contributed by atoms with van der Waals surface area (Å²) in [5.41, 5.74) is 6.88. The number of rotatable bonds is 3. The summed E-state index contributed by atoms with van der Waals surface area (Å²) >= 11 is 0. The van der Waals surface area contributed by atoms with Crippen molar-refractivity contribution in [1.82, 2.24) is 0 Å². The predicted molar refractivity (Wildman–Crippen MR) is 128 cm³/mol. The molecule has 32 heavy (non-hydrogen) atoms. The molecule has 2 heteroatoms. The fourth-order valence-electron chi connectivity index (χ4n) is 3.46. The van der Waals surface area contributed by atoms with Crippen molar-refractivity contribution in [3.05, 3.63) is 120 Å². The lowest BCUT2D eigenvalue weighted by Crippen LogP contribution is -2.32. The molecule has 0 saturated heterocycles. The quantitative estimate of drug-likeness (QED) is 0.341. The average Bonchev–Trinajstić information content (AvgIpc) is 2.80. The Labute approximate surface area is 190 Å². The number of aromatic nitrogens is 2. The van der Waals surface area contributed by atoms with Crippen LogP contribution >= 0.6 is 0 Å². The van der Waals surface area contributed by atoms with Crippen LogP contribution in [0, 0.1) is 37.5 Å². The highest BCUT2D eigenvalue weighted by molar-refractivity contribution is 5.65. The average molecular weight is 415 g/mol. The van der Waals surface area contributed by atoms with Crippen LogP contribution in [0.15, 0.2) is 97.6 Å². The Bertz CT molecular complexity index is 1220. The third-order valence-electron chi connectivity index (χ3n) is 5.10. The maximum absolute atomic E-state index is 3.25. The summed E-state index contributed by atoms with van der Waals surface area (Å²) in [7, 11) is 0. The molecule has 0 N–H and O–H groups in total. The summed E-state index contributed by atoms with van der Waals surface area (Å²) in [5.74, 6) is 13.0. The fourth-order valence-corrected chi connectivity index (χ4v) is 3.46. The molecule has 0 atom stereocenters. The van der Waals surface area contributed by atoms with Crippen LogP contribution < -0.4 is 9.13 Å². The number of benzene rings is 2. The molecule has 0 aliphatic heterocycles. The molecule has 0 aliphatic carbocycles. The van der Waals surface area contributed by atoms with Crippen molar-refractivity contribution in [2.75, 3.05) is 0 Å². The van der Waals surface area contributed by atoms with Crippen LogP contribution in [0.25, 0.3) is 11.1 Å². The monoisotopic (exact) mass is 414 g/mol. The molecule has 2 aromatic carbocycles. The smallest absolute Gasteiger partial charge is 0.193 e. The maximum Gasteiger partial charge on any atom is 0.209 e. The molecule has 0 spiro atoms. The minimum absolute atomic E-state index is 0.689. The van der Waals surface area contributed by atoms with E-state index in [1.165, 1.54) is 22.3 Å². The van der Waals surface area contributed by atoms with Gasteiger partial charge in [-0.25, -0.2) is 0 Å². The molecule has 0 aliphatic rings. The summed E-state index contributed by atoms with van der Waals surface area (Å²) < 4.78 is 4.20. The van der Waals surface area contributed by atoms with Crippen molar-refractivity contribution in [2.45, 2.75) is 26.9 Å². The number of aryl methyl sites for hydroxylation is 2. The van der Waals surface area contributed by atoms with E-state index in [2.05, 4.69) is 120 Å². The molecule has 4 rings (SSSR count). The van der Waals surface area contributed by atoms with E-state index < -0.39 is 0 Å². The van der Waals surface area contributed by atoms with Gasteiger partial charge >= 0.3 is 0 Å². The fraction of sp³-hybridized carbons (Fsp3) is 0.133. The van der Waals surface area contributed by atoms with Gasteiger partial charge in [0.25, 0.3) is 0 Å². The number of hydrogen-bond acceptors (Lipinski definition) is 0. The second-order valence-electron chi connectivity index (χ2n) is 7.87. The summed E-state index contributed by atoms with van der Waals surface area (Å²) in [6.45, 7) is 5.56. The number of pyridine rings is 2. The zero-order chi connectivity index (χ0) is 22.2. The van der Waals surface area contributed by atoms with Gasteiger partial charge in [0.15, 0.2) is 24.8 Å². The third kappa shape index (κ3) is 5.94. The van der Waals surface area contributed by atoms with Gasteiger partial charge in [-0.3, -0.25) is 0 Å². The summed E-state index contributed by atoms with van der Waals surface area (Å²) in [6, 6.07) is 25.1. The minimum atomic E-state index is 0.689. The van der Waals surface area contributed by atoms with Gasteiger partial charge in [-0.05, 0) is 73.2 Å². The molecule has 2 aromatic heterocycles. The number of nitrogens with zero attached hydrogens (tertiary/aromatic N) is 2. The van der Waals surface area contributed by atoms with Gasteiger partial charge in [-0.15, -0.1) is 0 Å². The van der Waals surface area contributed by atoms with Crippen LogP contribution in [-0.2, 0) is 13.1 Å². The van der Waals surface area contributed by atoms with E-state index in [0.29, 0.717) is 13.1 Å². The van der Waals surface area contributed by atoms with Crippen LogP contribution in [0.5, 0.6) is 0 Å². The Morgan fingerprint density at radius 1 is 0.562 bits per heavy atom. The second kappa shape index (κ2) is 10.3. The first-order valence-electron chi connectivity index (χ1n) is 10.8. The van der Waals surface area contributed by atoms with Crippen LogP contribution in [0.2, 0.25) is 0 Å². The van der Waals surface area contributed by atoms with Crippen molar-refractivity contribution in [3.8, 4) is 34.8 Å². The molecule has 0 amide bonds. The molecule has 4 aromatic rings. The Balaban J connectivity index is 1.37. The lowest BCUT2D eigenvalue weighted by Gasteiger charge is -2.02. The lowest BCUT2D eigenvalue weighted by atomic mass is 10.0. The van der Waals surface area contributed by atoms with E-state index in [1.807, 2.05) is 24.5 Å². The van der Waals surface area contributed by atoms with Gasteiger partial charge in [-0.2, -0.15) is 9.13 Å². The van der Waals surface area contributed by atoms with Crippen molar-refractivity contribution in [3.63, 3.8) is 0 Å². The maximum atomic E-state index is 3.25. The van der Waals surface area contributed by atoms with E-state index in [1.54, 1.807) is 0 Å². The van der Waals surface area contributed by atoms with E-state index in [0.717, 1.165) is 11.1 Å². The SMILES string of the molecule is Cc1ccc[n+](CC#Cc2ccc(-c3ccc(C#CC[n+]4cccc(C)c4)cc3)cc2)c1. The van der Waals surface area contributed by atoms with Crippen molar-refractivity contribution in [1.29, 1.82) is 0 Å². The Kier molecular flexibility index (Phi) is 6.76. The molecule has 0 radical (unpaired) electrons. The summed E-state index contributed by atoms with van der Waals surface area (Å²) in [4.78, 5) is 0. The van der Waals surface area contributed by atoms with E-state index in [4.69, 9.17) is 0 Å². The minimum Gasteiger partial charge on any atom is -0.193 e. The van der Waals surface area contributed by atoms with E-state index in [9.17, 15) is 0 Å². The first-order valence-corrected chi connectivity index (χ1v) is 10.8. The molecule has 2 nitrogen and oxygen atoms in total. The van der Waals surface area contributed by atoms with Crippen molar-refractivity contribution in [2.24, 2.45) is 0 Å². The molecular weight excluding hydrogens is 388 g/mol. The number of hydrogen-bond donors (Lipinski definition) is 0. The zero-order valence-electron chi connectivity index (χ0n) is 18.5. The van der Waals surface area contributed by atoms with Crippen LogP contribution in [-0.4, -0.2) is 0 Å². The molecule has 0 unspecified atom stereocenters.